The molecular formula is C15H17N3O2. The molecule has 0 amide bonds. The minimum atomic E-state index is 0.615. The van der Waals surface area contributed by atoms with Crippen LogP contribution in [0.3, 0.4) is 0 Å². The monoisotopic (exact) mass is 271 g/mol. The van der Waals surface area contributed by atoms with Crippen molar-refractivity contribution in [3.63, 3.8) is 0 Å². The Morgan fingerprint density at radius 2 is 1.95 bits per heavy atom. The van der Waals surface area contributed by atoms with Crippen molar-refractivity contribution in [3.05, 3.63) is 42.2 Å². The van der Waals surface area contributed by atoms with Gasteiger partial charge in [-0.15, -0.1) is 0 Å². The summed E-state index contributed by atoms with van der Waals surface area (Å²) >= 11 is 0. The predicted molar refractivity (Wildman–Crippen MR) is 78.3 cm³/mol. The van der Waals surface area contributed by atoms with Gasteiger partial charge in [0.2, 0.25) is 0 Å². The van der Waals surface area contributed by atoms with Crippen molar-refractivity contribution in [1.82, 2.24) is 4.98 Å². The highest BCUT2D eigenvalue weighted by molar-refractivity contribution is 5.51. The molecule has 5 heteroatoms. The van der Waals surface area contributed by atoms with Crippen LogP contribution in [0.25, 0.3) is 0 Å². The quantitative estimate of drug-likeness (QED) is 0.891. The van der Waals surface area contributed by atoms with E-state index in [0.717, 1.165) is 30.2 Å². The van der Waals surface area contributed by atoms with E-state index in [-0.39, 0.29) is 0 Å². The van der Waals surface area contributed by atoms with Gasteiger partial charge in [-0.2, -0.15) is 0 Å². The number of anilines is 2. The zero-order chi connectivity index (χ0) is 13.8. The normalized spacial score (nSPS) is 13.0. The highest BCUT2D eigenvalue weighted by Crippen LogP contribution is 2.30. The summed E-state index contributed by atoms with van der Waals surface area (Å²) in [4.78, 5) is 4.04. The van der Waals surface area contributed by atoms with E-state index in [1.165, 1.54) is 5.56 Å². The molecule has 3 N–H and O–H groups in total. The van der Waals surface area contributed by atoms with Crippen molar-refractivity contribution in [2.24, 2.45) is 0 Å². The van der Waals surface area contributed by atoms with Crippen molar-refractivity contribution in [2.75, 3.05) is 30.8 Å². The van der Waals surface area contributed by atoms with Crippen LogP contribution in [-0.4, -0.2) is 24.7 Å². The third-order valence-corrected chi connectivity index (χ3v) is 3.11. The Morgan fingerprint density at radius 1 is 1.10 bits per heavy atom. The van der Waals surface area contributed by atoms with Gasteiger partial charge in [-0.05, 0) is 30.2 Å². The maximum atomic E-state index is 5.68. The summed E-state index contributed by atoms with van der Waals surface area (Å²) in [5.41, 5.74) is 8.49. The maximum Gasteiger partial charge on any atom is 0.161 e. The molecule has 1 aliphatic rings. The SMILES string of the molecule is Nc1cncc(NCCc2ccc3c(c2)OCCO3)c1. The van der Waals surface area contributed by atoms with E-state index in [1.807, 2.05) is 18.2 Å². The third kappa shape index (κ3) is 2.93. The van der Waals surface area contributed by atoms with E-state index in [1.54, 1.807) is 12.4 Å². The zero-order valence-corrected chi connectivity index (χ0v) is 11.1. The molecule has 0 spiro atoms. The van der Waals surface area contributed by atoms with Crippen LogP contribution in [0.15, 0.2) is 36.7 Å². The van der Waals surface area contributed by atoms with Gasteiger partial charge in [0, 0.05) is 12.7 Å². The second-order valence-corrected chi connectivity index (χ2v) is 4.66. The largest absolute Gasteiger partial charge is 0.486 e. The Hall–Kier alpha value is -2.43. The molecule has 1 aromatic carbocycles. The van der Waals surface area contributed by atoms with Gasteiger partial charge in [0.15, 0.2) is 11.5 Å². The number of fused-ring (bicyclic) bond motifs is 1. The van der Waals surface area contributed by atoms with Crippen molar-refractivity contribution in [2.45, 2.75) is 6.42 Å². The number of nitrogens with zero attached hydrogens (tertiary/aromatic N) is 1. The van der Waals surface area contributed by atoms with Crippen LogP contribution in [-0.2, 0) is 6.42 Å². The first kappa shape index (κ1) is 12.6. The van der Waals surface area contributed by atoms with Gasteiger partial charge >= 0.3 is 0 Å². The molecule has 2 aromatic rings. The van der Waals surface area contributed by atoms with Gasteiger partial charge in [0.05, 0.1) is 17.6 Å². The van der Waals surface area contributed by atoms with Crippen molar-refractivity contribution in [3.8, 4) is 11.5 Å². The minimum absolute atomic E-state index is 0.615. The predicted octanol–water partition coefficient (Wildman–Crippen LogP) is 2.09. The maximum absolute atomic E-state index is 5.68. The highest BCUT2D eigenvalue weighted by atomic mass is 16.6. The summed E-state index contributed by atoms with van der Waals surface area (Å²) in [6.07, 6.45) is 4.29. The topological polar surface area (TPSA) is 69.4 Å². The van der Waals surface area contributed by atoms with E-state index >= 15 is 0 Å². The Labute approximate surface area is 117 Å². The van der Waals surface area contributed by atoms with Crippen LogP contribution in [0.2, 0.25) is 0 Å². The Kier molecular flexibility index (Phi) is 3.58. The molecule has 2 heterocycles. The number of hydrogen-bond acceptors (Lipinski definition) is 5. The number of benzene rings is 1. The molecule has 0 radical (unpaired) electrons. The van der Waals surface area contributed by atoms with Crippen LogP contribution in [0.5, 0.6) is 11.5 Å². The molecule has 0 bridgehead atoms. The lowest BCUT2D eigenvalue weighted by Crippen LogP contribution is -2.15. The molecule has 0 aliphatic carbocycles. The van der Waals surface area contributed by atoms with Crippen LogP contribution in [0.4, 0.5) is 11.4 Å². The Morgan fingerprint density at radius 3 is 2.80 bits per heavy atom. The summed E-state index contributed by atoms with van der Waals surface area (Å²) in [5, 5.41) is 3.30. The average molecular weight is 271 g/mol. The number of ether oxygens (including phenoxy) is 2. The Balaban J connectivity index is 1.58. The van der Waals surface area contributed by atoms with E-state index < -0.39 is 0 Å². The van der Waals surface area contributed by atoms with Crippen LogP contribution < -0.4 is 20.5 Å². The van der Waals surface area contributed by atoms with E-state index in [0.29, 0.717) is 18.9 Å². The second-order valence-electron chi connectivity index (χ2n) is 4.66. The number of aromatic nitrogens is 1. The summed E-state index contributed by atoms with van der Waals surface area (Å²) in [6, 6.07) is 7.93. The summed E-state index contributed by atoms with van der Waals surface area (Å²) in [5.74, 6) is 1.66. The number of hydrogen-bond donors (Lipinski definition) is 2. The summed E-state index contributed by atoms with van der Waals surface area (Å²) in [6.45, 7) is 2.05. The van der Waals surface area contributed by atoms with Crippen molar-refractivity contribution >= 4 is 11.4 Å². The minimum Gasteiger partial charge on any atom is -0.486 e. The molecular weight excluding hydrogens is 254 g/mol. The lowest BCUT2D eigenvalue weighted by atomic mass is 10.1. The smallest absolute Gasteiger partial charge is 0.161 e. The molecule has 1 aliphatic heterocycles. The average Bonchev–Trinajstić information content (AvgIpc) is 2.47. The second kappa shape index (κ2) is 5.69. The number of nitrogen functional groups attached to an aromatic ring is 1. The molecule has 0 fully saturated rings. The van der Waals surface area contributed by atoms with Gasteiger partial charge in [0.1, 0.15) is 13.2 Å². The van der Waals surface area contributed by atoms with Crippen LogP contribution in [0, 0.1) is 0 Å². The fraction of sp³-hybridized carbons (Fsp3) is 0.267. The molecule has 0 saturated heterocycles. The summed E-state index contributed by atoms with van der Waals surface area (Å²) < 4.78 is 11.1. The molecule has 0 unspecified atom stereocenters. The molecule has 5 nitrogen and oxygen atoms in total. The van der Waals surface area contributed by atoms with Gasteiger partial charge in [-0.3, -0.25) is 4.98 Å². The van der Waals surface area contributed by atoms with Crippen LogP contribution in [0.1, 0.15) is 5.56 Å². The van der Waals surface area contributed by atoms with Crippen molar-refractivity contribution < 1.29 is 9.47 Å². The molecule has 20 heavy (non-hydrogen) atoms. The standard InChI is InChI=1S/C15H17N3O2/c16-12-8-13(10-17-9-12)18-4-3-11-1-2-14-15(7-11)20-6-5-19-14/h1-2,7-10,18H,3-6,16H2. The fourth-order valence-corrected chi connectivity index (χ4v) is 2.15. The zero-order valence-electron chi connectivity index (χ0n) is 11.1. The van der Waals surface area contributed by atoms with Gasteiger partial charge in [-0.25, -0.2) is 0 Å². The molecule has 1 aromatic heterocycles. The van der Waals surface area contributed by atoms with E-state index in [4.69, 9.17) is 15.2 Å². The summed E-state index contributed by atoms with van der Waals surface area (Å²) in [7, 11) is 0. The van der Waals surface area contributed by atoms with Crippen molar-refractivity contribution in [1.29, 1.82) is 0 Å². The van der Waals surface area contributed by atoms with Crippen LogP contribution >= 0.6 is 0 Å². The first-order valence-corrected chi connectivity index (χ1v) is 6.64. The Bertz CT molecular complexity index is 601. The number of nitrogens with one attached hydrogen (secondary N) is 1. The first-order valence-electron chi connectivity index (χ1n) is 6.64. The number of rotatable bonds is 4. The lowest BCUT2D eigenvalue weighted by Gasteiger charge is -2.19. The van der Waals surface area contributed by atoms with E-state index in [2.05, 4.69) is 16.4 Å². The third-order valence-electron chi connectivity index (χ3n) is 3.11. The number of pyridine rings is 1. The molecule has 0 atom stereocenters. The lowest BCUT2D eigenvalue weighted by molar-refractivity contribution is 0.171. The van der Waals surface area contributed by atoms with Gasteiger partial charge in [-0.1, -0.05) is 6.07 Å². The number of nitrogens with two attached hydrogens (primary N) is 1. The molecule has 0 saturated carbocycles. The van der Waals surface area contributed by atoms with Gasteiger partial charge in [0.25, 0.3) is 0 Å². The fourth-order valence-electron chi connectivity index (χ4n) is 2.15. The highest BCUT2D eigenvalue weighted by Gasteiger charge is 2.11. The molecule has 104 valence electrons. The first-order chi connectivity index (χ1) is 9.81. The van der Waals surface area contributed by atoms with Gasteiger partial charge < -0.3 is 20.5 Å². The molecule has 3 rings (SSSR count). The van der Waals surface area contributed by atoms with E-state index in [9.17, 15) is 0 Å².